The Kier molecular flexibility index (Phi) is 4.84. The molecule has 0 radical (unpaired) electrons. The van der Waals surface area contributed by atoms with Crippen LogP contribution in [0.5, 0.6) is 0 Å². The molecule has 2 rings (SSSR count). The minimum absolute atomic E-state index is 0.0341. The number of sulfonamides is 1. The van der Waals surface area contributed by atoms with Crippen LogP contribution in [0, 0.1) is 0 Å². The highest BCUT2D eigenvalue weighted by Gasteiger charge is 2.31. The van der Waals surface area contributed by atoms with Gasteiger partial charge < -0.3 is 0 Å². The van der Waals surface area contributed by atoms with Gasteiger partial charge in [0, 0.05) is 12.1 Å². The fourth-order valence-corrected chi connectivity index (χ4v) is 3.75. The van der Waals surface area contributed by atoms with Crippen molar-refractivity contribution in [3.05, 3.63) is 58.1 Å². The minimum Gasteiger partial charge on any atom is -0.269 e. The molecule has 124 valence electrons. The van der Waals surface area contributed by atoms with Crippen LogP contribution in [0.15, 0.2) is 47.4 Å². The quantitative estimate of drug-likeness (QED) is 0.760. The summed E-state index contributed by atoms with van der Waals surface area (Å²) in [6.07, 6.45) is -4.49. The average molecular weight is 384 g/mol. The van der Waals surface area contributed by atoms with Crippen molar-refractivity contribution >= 4 is 38.9 Å². The Balaban J connectivity index is 2.42. The number of hydrogen-bond donors (Lipinski definition) is 0. The molecule has 0 bridgehead atoms. The minimum atomic E-state index is -4.49. The first-order valence-electron chi connectivity index (χ1n) is 6.15. The van der Waals surface area contributed by atoms with E-state index in [1.54, 1.807) is 0 Å². The summed E-state index contributed by atoms with van der Waals surface area (Å²) in [6.45, 7) is 0. The number of alkyl halides is 3. The van der Waals surface area contributed by atoms with E-state index in [0.29, 0.717) is 0 Å². The van der Waals surface area contributed by atoms with Gasteiger partial charge in [-0.1, -0.05) is 23.2 Å². The summed E-state index contributed by atoms with van der Waals surface area (Å²) in [5.74, 6) is 0. The van der Waals surface area contributed by atoms with E-state index in [1.807, 2.05) is 0 Å². The molecule has 2 aromatic carbocycles. The van der Waals surface area contributed by atoms with Crippen molar-refractivity contribution < 1.29 is 21.6 Å². The molecule has 0 aliphatic carbocycles. The van der Waals surface area contributed by atoms with Gasteiger partial charge in [-0.15, -0.1) is 0 Å². The Morgan fingerprint density at radius 1 is 1.00 bits per heavy atom. The smallest absolute Gasteiger partial charge is 0.269 e. The summed E-state index contributed by atoms with van der Waals surface area (Å²) in [5.41, 5.74) is -0.804. The van der Waals surface area contributed by atoms with E-state index in [4.69, 9.17) is 23.2 Å². The standard InChI is InChI=1S/C14H10Cl2F3NO2S/c1-20(11-5-2-9(3-6-11)14(17,18)19)23(21,22)13-8-10(15)4-7-12(13)16/h2-8H,1H3. The van der Waals surface area contributed by atoms with Gasteiger partial charge >= 0.3 is 6.18 Å². The maximum absolute atomic E-state index is 12.6. The normalized spacial score (nSPS) is 12.3. The Hall–Kier alpha value is -1.44. The zero-order chi connectivity index (χ0) is 17.4. The van der Waals surface area contributed by atoms with E-state index in [9.17, 15) is 21.6 Å². The number of halogens is 5. The number of benzene rings is 2. The van der Waals surface area contributed by atoms with Crippen molar-refractivity contribution in [2.75, 3.05) is 11.4 Å². The summed E-state index contributed by atoms with van der Waals surface area (Å²) in [7, 11) is -2.84. The molecule has 2 aromatic rings. The van der Waals surface area contributed by atoms with Gasteiger partial charge in [0.15, 0.2) is 0 Å². The van der Waals surface area contributed by atoms with Crippen LogP contribution in [-0.4, -0.2) is 15.5 Å². The van der Waals surface area contributed by atoms with Crippen LogP contribution in [0.2, 0.25) is 10.0 Å². The fraction of sp³-hybridized carbons (Fsp3) is 0.143. The lowest BCUT2D eigenvalue weighted by Gasteiger charge is -2.21. The largest absolute Gasteiger partial charge is 0.416 e. The van der Waals surface area contributed by atoms with Crippen molar-refractivity contribution in [3.63, 3.8) is 0 Å². The number of hydrogen-bond acceptors (Lipinski definition) is 2. The Morgan fingerprint density at radius 3 is 2.09 bits per heavy atom. The molecule has 0 spiro atoms. The van der Waals surface area contributed by atoms with Crippen LogP contribution in [-0.2, 0) is 16.2 Å². The van der Waals surface area contributed by atoms with Crippen molar-refractivity contribution in [2.45, 2.75) is 11.1 Å². The van der Waals surface area contributed by atoms with Gasteiger partial charge in [0.2, 0.25) is 0 Å². The van der Waals surface area contributed by atoms with Crippen LogP contribution in [0.4, 0.5) is 18.9 Å². The number of nitrogens with zero attached hydrogens (tertiary/aromatic N) is 1. The van der Waals surface area contributed by atoms with Crippen LogP contribution in [0.3, 0.4) is 0 Å². The molecule has 0 aliphatic rings. The van der Waals surface area contributed by atoms with Crippen LogP contribution < -0.4 is 4.31 Å². The summed E-state index contributed by atoms with van der Waals surface area (Å²) in [5, 5.41) is 0.141. The summed E-state index contributed by atoms with van der Waals surface area (Å²) in [6, 6.07) is 7.69. The molecule has 0 atom stereocenters. The predicted molar refractivity (Wildman–Crippen MR) is 83.5 cm³/mol. The van der Waals surface area contributed by atoms with Gasteiger partial charge in [-0.05, 0) is 42.5 Å². The highest BCUT2D eigenvalue weighted by Crippen LogP contribution is 2.33. The molecular weight excluding hydrogens is 374 g/mol. The first kappa shape index (κ1) is 17.9. The molecule has 0 saturated heterocycles. The van der Waals surface area contributed by atoms with Gasteiger partial charge in [-0.25, -0.2) is 8.42 Å². The van der Waals surface area contributed by atoms with Crippen molar-refractivity contribution in [3.8, 4) is 0 Å². The molecule has 23 heavy (non-hydrogen) atoms. The molecule has 0 N–H and O–H groups in total. The third kappa shape index (κ3) is 3.73. The highest BCUT2D eigenvalue weighted by atomic mass is 35.5. The molecular formula is C14H10Cl2F3NO2S. The first-order valence-corrected chi connectivity index (χ1v) is 8.34. The summed E-state index contributed by atoms with van der Waals surface area (Å²) < 4.78 is 63.6. The second-order valence-corrected chi connectivity index (χ2v) is 7.37. The third-order valence-electron chi connectivity index (χ3n) is 3.09. The van der Waals surface area contributed by atoms with Gasteiger partial charge in [-0.3, -0.25) is 4.31 Å². The molecule has 0 aliphatic heterocycles. The Bertz CT molecular complexity index is 821. The van der Waals surface area contributed by atoms with Crippen LogP contribution in [0.1, 0.15) is 5.56 Å². The van der Waals surface area contributed by atoms with E-state index in [2.05, 4.69) is 0 Å². The SMILES string of the molecule is CN(c1ccc(C(F)(F)F)cc1)S(=O)(=O)c1cc(Cl)ccc1Cl. The van der Waals surface area contributed by atoms with Crippen LogP contribution in [0.25, 0.3) is 0 Å². The second-order valence-electron chi connectivity index (χ2n) is 4.59. The summed E-state index contributed by atoms with van der Waals surface area (Å²) >= 11 is 11.7. The Labute approximate surface area is 141 Å². The molecule has 0 fully saturated rings. The van der Waals surface area contributed by atoms with Gasteiger partial charge in [0.1, 0.15) is 4.90 Å². The molecule has 0 saturated carbocycles. The maximum atomic E-state index is 12.6. The number of rotatable bonds is 3. The molecule has 0 heterocycles. The zero-order valence-electron chi connectivity index (χ0n) is 11.6. The van der Waals surface area contributed by atoms with E-state index < -0.39 is 21.8 Å². The van der Waals surface area contributed by atoms with Crippen molar-refractivity contribution in [1.29, 1.82) is 0 Å². The van der Waals surface area contributed by atoms with Gasteiger partial charge in [0.25, 0.3) is 10.0 Å². The zero-order valence-corrected chi connectivity index (χ0v) is 13.9. The Morgan fingerprint density at radius 2 is 1.57 bits per heavy atom. The van der Waals surface area contributed by atoms with E-state index in [-0.39, 0.29) is 20.6 Å². The molecule has 0 aromatic heterocycles. The van der Waals surface area contributed by atoms with E-state index in [0.717, 1.165) is 28.6 Å². The first-order chi connectivity index (χ1) is 10.5. The fourth-order valence-electron chi connectivity index (χ4n) is 1.82. The van der Waals surface area contributed by atoms with Gasteiger partial charge in [0.05, 0.1) is 16.3 Å². The lowest BCUT2D eigenvalue weighted by atomic mass is 10.2. The predicted octanol–water partition coefficient (Wildman–Crippen LogP) is 4.84. The highest BCUT2D eigenvalue weighted by molar-refractivity contribution is 7.93. The lowest BCUT2D eigenvalue weighted by molar-refractivity contribution is -0.137. The number of anilines is 1. The van der Waals surface area contributed by atoms with Crippen molar-refractivity contribution in [1.82, 2.24) is 0 Å². The molecule has 3 nitrogen and oxygen atoms in total. The maximum Gasteiger partial charge on any atom is 0.416 e. The topological polar surface area (TPSA) is 37.4 Å². The molecule has 9 heteroatoms. The van der Waals surface area contributed by atoms with Gasteiger partial charge in [-0.2, -0.15) is 13.2 Å². The third-order valence-corrected chi connectivity index (χ3v) is 5.59. The average Bonchev–Trinajstić information content (AvgIpc) is 2.48. The lowest BCUT2D eigenvalue weighted by Crippen LogP contribution is -2.26. The monoisotopic (exact) mass is 383 g/mol. The molecule has 0 amide bonds. The van der Waals surface area contributed by atoms with Crippen LogP contribution >= 0.6 is 23.2 Å². The van der Waals surface area contributed by atoms with E-state index in [1.165, 1.54) is 25.2 Å². The van der Waals surface area contributed by atoms with E-state index >= 15 is 0 Å². The second kappa shape index (κ2) is 6.22. The van der Waals surface area contributed by atoms with Crippen molar-refractivity contribution in [2.24, 2.45) is 0 Å². The summed E-state index contributed by atoms with van der Waals surface area (Å²) in [4.78, 5) is -0.228. The molecule has 0 unspecified atom stereocenters.